The largest absolute Gasteiger partial charge is 0.493 e. The summed E-state index contributed by atoms with van der Waals surface area (Å²) in [4.78, 5) is 32.6. The summed E-state index contributed by atoms with van der Waals surface area (Å²) >= 11 is 0. The van der Waals surface area contributed by atoms with Gasteiger partial charge in [0, 0.05) is 38.2 Å². The number of amides is 2. The Morgan fingerprint density at radius 2 is 2.06 bits per heavy atom. The molecule has 3 unspecified atom stereocenters. The van der Waals surface area contributed by atoms with Crippen molar-refractivity contribution in [2.75, 3.05) is 34.4 Å². The van der Waals surface area contributed by atoms with Crippen LogP contribution in [0.4, 0.5) is 0 Å². The predicted octanol–water partition coefficient (Wildman–Crippen LogP) is 2.30. The second-order valence-electron chi connectivity index (χ2n) is 7.80. The Morgan fingerprint density at radius 3 is 2.71 bits per heavy atom. The van der Waals surface area contributed by atoms with Crippen LogP contribution in [0.2, 0.25) is 0 Å². The molecule has 8 nitrogen and oxygen atoms in total. The van der Waals surface area contributed by atoms with E-state index >= 15 is 0 Å². The van der Waals surface area contributed by atoms with Crippen molar-refractivity contribution >= 4 is 11.8 Å². The molecule has 2 aliphatic rings. The quantitative estimate of drug-likeness (QED) is 0.764. The molecule has 1 N–H and O–H groups in total. The van der Waals surface area contributed by atoms with E-state index in [1.54, 1.807) is 42.5 Å². The molecule has 164 valence electrons. The van der Waals surface area contributed by atoms with E-state index in [1.165, 1.54) is 14.2 Å². The molecule has 0 spiro atoms. The Bertz CT molecular complexity index is 959. The Hall–Kier alpha value is -3.13. The highest BCUT2D eigenvalue weighted by Gasteiger charge is 2.43. The number of rotatable bonds is 6. The monoisotopic (exact) mass is 425 g/mol. The highest BCUT2D eigenvalue weighted by molar-refractivity contribution is 6.02. The molecule has 0 saturated carbocycles. The number of hydrogen-bond acceptors (Lipinski definition) is 6. The predicted molar refractivity (Wildman–Crippen MR) is 113 cm³/mol. The minimum absolute atomic E-state index is 0.0219. The van der Waals surface area contributed by atoms with Crippen molar-refractivity contribution in [3.05, 3.63) is 53.3 Å². The van der Waals surface area contributed by atoms with E-state index in [0.29, 0.717) is 29.2 Å². The molecule has 3 heterocycles. The Balaban J connectivity index is 1.78. The van der Waals surface area contributed by atoms with Gasteiger partial charge < -0.3 is 24.4 Å². The zero-order valence-corrected chi connectivity index (χ0v) is 18.0. The maximum Gasteiger partial charge on any atom is 0.254 e. The molecular formula is C23H27N3O5. The van der Waals surface area contributed by atoms with Gasteiger partial charge in [0.1, 0.15) is 0 Å². The van der Waals surface area contributed by atoms with E-state index in [-0.39, 0.29) is 17.9 Å². The number of likely N-dealkylation sites (N-methyl/N-ethyl adjacent to an activating group) is 1. The first-order valence-corrected chi connectivity index (χ1v) is 10.4. The molecule has 31 heavy (non-hydrogen) atoms. The minimum atomic E-state index is -0.636. The van der Waals surface area contributed by atoms with Crippen molar-refractivity contribution < 1.29 is 23.8 Å². The summed E-state index contributed by atoms with van der Waals surface area (Å²) in [7, 11) is 4.76. The highest BCUT2D eigenvalue weighted by Crippen LogP contribution is 2.45. The number of carbonyl (C=O) groups excluding carboxylic acids is 2. The van der Waals surface area contributed by atoms with E-state index in [2.05, 4.69) is 10.3 Å². The summed E-state index contributed by atoms with van der Waals surface area (Å²) in [6.45, 7) is 1.16. The molecule has 0 aliphatic carbocycles. The summed E-state index contributed by atoms with van der Waals surface area (Å²) in [5, 5.41) is 3.04. The normalized spacial score (nSPS) is 22.7. The average molecular weight is 425 g/mol. The molecule has 0 bridgehead atoms. The summed E-state index contributed by atoms with van der Waals surface area (Å²) < 4.78 is 16.5. The van der Waals surface area contributed by atoms with Crippen molar-refractivity contribution in [1.29, 1.82) is 0 Å². The molecule has 2 aliphatic heterocycles. The molecule has 1 saturated heterocycles. The zero-order valence-electron chi connectivity index (χ0n) is 18.0. The van der Waals surface area contributed by atoms with Gasteiger partial charge in [-0.25, -0.2) is 0 Å². The fourth-order valence-corrected chi connectivity index (χ4v) is 4.43. The van der Waals surface area contributed by atoms with Crippen LogP contribution in [0.3, 0.4) is 0 Å². The maximum atomic E-state index is 13.5. The zero-order chi connectivity index (χ0) is 22.0. The van der Waals surface area contributed by atoms with Crippen molar-refractivity contribution in [1.82, 2.24) is 15.2 Å². The van der Waals surface area contributed by atoms with Gasteiger partial charge in [0.25, 0.3) is 5.91 Å². The fraction of sp³-hybridized carbons (Fsp3) is 0.435. The number of aromatic nitrogens is 1. The first-order valence-electron chi connectivity index (χ1n) is 10.4. The van der Waals surface area contributed by atoms with Crippen molar-refractivity contribution in [2.24, 2.45) is 0 Å². The first-order chi connectivity index (χ1) is 15.0. The van der Waals surface area contributed by atoms with Gasteiger partial charge in [-0.1, -0.05) is 6.07 Å². The topological polar surface area (TPSA) is 90.0 Å². The van der Waals surface area contributed by atoms with Gasteiger partial charge in [-0.15, -0.1) is 0 Å². The number of methoxy groups -OCH3 is 2. The number of ether oxygens (including phenoxy) is 3. The van der Waals surface area contributed by atoms with Crippen LogP contribution >= 0.6 is 0 Å². The van der Waals surface area contributed by atoms with Crippen LogP contribution in [0.15, 0.2) is 36.7 Å². The number of carbonyl (C=O) groups is 2. The standard InChI is InChI=1S/C23H27N3O5/c1-26-21(14-6-4-8-24-12-14)20(22(27)25-13-15-7-5-9-31-15)16-10-18(29-2)19(30-3)11-17(16)23(26)28/h4,6,8,10-12,15,20-21H,5,7,9,13H2,1-3H3,(H,25,27). The lowest BCUT2D eigenvalue weighted by Crippen LogP contribution is -2.46. The maximum absolute atomic E-state index is 13.5. The van der Waals surface area contributed by atoms with Crippen molar-refractivity contribution in [3.63, 3.8) is 0 Å². The van der Waals surface area contributed by atoms with Gasteiger partial charge in [0.05, 0.1) is 32.3 Å². The SMILES string of the molecule is COc1cc2c(cc1OC)C(C(=O)NCC1CCCO1)C(c1cccnc1)N(C)C2=O. The van der Waals surface area contributed by atoms with E-state index in [1.807, 2.05) is 6.07 Å². The van der Waals surface area contributed by atoms with Gasteiger partial charge in [-0.05, 0) is 42.2 Å². The van der Waals surface area contributed by atoms with Crippen LogP contribution < -0.4 is 14.8 Å². The Morgan fingerprint density at radius 1 is 1.29 bits per heavy atom. The van der Waals surface area contributed by atoms with E-state index in [0.717, 1.165) is 25.0 Å². The minimum Gasteiger partial charge on any atom is -0.493 e. The molecule has 2 amide bonds. The third kappa shape index (κ3) is 3.95. The van der Waals surface area contributed by atoms with Crippen LogP contribution in [0.5, 0.6) is 11.5 Å². The lowest BCUT2D eigenvalue weighted by molar-refractivity contribution is -0.124. The molecule has 3 atom stereocenters. The van der Waals surface area contributed by atoms with Crippen LogP contribution in [0.25, 0.3) is 0 Å². The first kappa shape index (κ1) is 21.1. The fourth-order valence-electron chi connectivity index (χ4n) is 4.43. The lowest BCUT2D eigenvalue weighted by Gasteiger charge is -2.40. The summed E-state index contributed by atoms with van der Waals surface area (Å²) in [5.41, 5.74) is 1.83. The number of fused-ring (bicyclic) bond motifs is 1. The molecule has 2 aromatic rings. The van der Waals surface area contributed by atoms with Crippen LogP contribution in [-0.4, -0.2) is 62.2 Å². The second kappa shape index (κ2) is 8.93. The van der Waals surface area contributed by atoms with Gasteiger partial charge in [-0.3, -0.25) is 14.6 Å². The van der Waals surface area contributed by atoms with Gasteiger partial charge in [0.15, 0.2) is 11.5 Å². The van der Waals surface area contributed by atoms with Crippen molar-refractivity contribution in [2.45, 2.75) is 30.9 Å². The van der Waals surface area contributed by atoms with E-state index in [9.17, 15) is 9.59 Å². The average Bonchev–Trinajstić information content (AvgIpc) is 3.33. The third-order valence-corrected chi connectivity index (χ3v) is 6.01. The number of benzene rings is 1. The molecule has 4 rings (SSSR count). The number of nitrogens with zero attached hydrogens (tertiary/aromatic N) is 2. The molecule has 1 aromatic heterocycles. The van der Waals surface area contributed by atoms with Crippen molar-refractivity contribution in [3.8, 4) is 11.5 Å². The van der Waals surface area contributed by atoms with E-state index < -0.39 is 12.0 Å². The number of hydrogen-bond donors (Lipinski definition) is 1. The molecule has 1 fully saturated rings. The Kier molecular flexibility index (Phi) is 6.08. The van der Waals surface area contributed by atoms with Crippen LogP contribution in [0, 0.1) is 0 Å². The van der Waals surface area contributed by atoms with Crippen LogP contribution in [-0.2, 0) is 9.53 Å². The van der Waals surface area contributed by atoms with Crippen LogP contribution in [0.1, 0.15) is 46.3 Å². The van der Waals surface area contributed by atoms with Gasteiger partial charge in [-0.2, -0.15) is 0 Å². The molecule has 0 radical (unpaired) electrons. The Labute approximate surface area is 181 Å². The lowest BCUT2D eigenvalue weighted by atomic mass is 9.79. The molecule has 8 heteroatoms. The third-order valence-electron chi connectivity index (χ3n) is 6.01. The number of nitrogens with one attached hydrogen (secondary N) is 1. The van der Waals surface area contributed by atoms with Gasteiger partial charge >= 0.3 is 0 Å². The smallest absolute Gasteiger partial charge is 0.254 e. The summed E-state index contributed by atoms with van der Waals surface area (Å²) in [6, 6.07) is 6.56. The molecule has 1 aromatic carbocycles. The van der Waals surface area contributed by atoms with E-state index in [4.69, 9.17) is 14.2 Å². The second-order valence-corrected chi connectivity index (χ2v) is 7.80. The van der Waals surface area contributed by atoms with Gasteiger partial charge in [0.2, 0.25) is 5.91 Å². The molecular weight excluding hydrogens is 398 g/mol. The summed E-state index contributed by atoms with van der Waals surface area (Å²) in [6.07, 6.45) is 5.31. The highest BCUT2D eigenvalue weighted by atomic mass is 16.5. The summed E-state index contributed by atoms with van der Waals surface area (Å²) in [5.74, 6) is -0.0740. The number of pyridine rings is 1.